The molecule has 1 aliphatic rings. The van der Waals surface area contributed by atoms with E-state index in [9.17, 15) is 5.11 Å². The maximum Gasteiger partial charge on any atom is 0.0771 e. The highest BCUT2D eigenvalue weighted by atomic mass is 16.3. The summed E-state index contributed by atoms with van der Waals surface area (Å²) < 4.78 is 2.04. The van der Waals surface area contributed by atoms with Crippen molar-refractivity contribution in [3.8, 4) is 0 Å². The molecule has 4 heteroatoms. The summed E-state index contributed by atoms with van der Waals surface area (Å²) in [6, 6.07) is 2.15. The van der Waals surface area contributed by atoms with Crippen LogP contribution in [0.2, 0.25) is 0 Å². The Balaban J connectivity index is 1.87. The van der Waals surface area contributed by atoms with Gasteiger partial charge in [-0.05, 0) is 38.7 Å². The van der Waals surface area contributed by atoms with Crippen LogP contribution < -0.4 is 5.32 Å². The molecule has 17 heavy (non-hydrogen) atoms. The van der Waals surface area contributed by atoms with Crippen molar-refractivity contribution in [3.63, 3.8) is 0 Å². The number of aliphatic hydroxyl groups is 1. The van der Waals surface area contributed by atoms with Crippen LogP contribution in [0, 0.1) is 0 Å². The van der Waals surface area contributed by atoms with Crippen LogP contribution in [0.5, 0.6) is 0 Å². The number of rotatable bonds is 6. The summed E-state index contributed by atoms with van der Waals surface area (Å²) in [5.74, 6) is 0. The van der Waals surface area contributed by atoms with Gasteiger partial charge in [-0.1, -0.05) is 6.92 Å². The zero-order valence-electron chi connectivity index (χ0n) is 10.9. The van der Waals surface area contributed by atoms with Crippen molar-refractivity contribution in [1.82, 2.24) is 15.1 Å². The molecule has 0 atom stereocenters. The quantitative estimate of drug-likeness (QED) is 0.787. The summed E-state index contributed by atoms with van der Waals surface area (Å²) in [5, 5.41) is 17.8. The molecule has 1 saturated carbocycles. The normalized spacial score (nSPS) is 18.1. The first-order valence-electron chi connectivity index (χ1n) is 6.65. The molecule has 0 spiro atoms. The molecule has 0 aliphatic heterocycles. The fourth-order valence-electron chi connectivity index (χ4n) is 2.29. The fraction of sp³-hybridized carbons (Fsp3) is 0.769. The molecule has 2 N–H and O–H groups in total. The lowest BCUT2D eigenvalue weighted by molar-refractivity contribution is -0.0315. The van der Waals surface area contributed by atoms with Crippen molar-refractivity contribution in [2.75, 3.05) is 6.54 Å². The summed E-state index contributed by atoms with van der Waals surface area (Å²) in [7, 11) is 0. The van der Waals surface area contributed by atoms with Crippen molar-refractivity contribution in [2.45, 2.75) is 58.2 Å². The SMILES string of the molecule is CCc1cc(CNCC2(O)CCC2)n(CC)n1. The van der Waals surface area contributed by atoms with Gasteiger partial charge in [-0.25, -0.2) is 0 Å². The molecule has 0 radical (unpaired) electrons. The van der Waals surface area contributed by atoms with Gasteiger partial charge in [0.15, 0.2) is 0 Å². The largest absolute Gasteiger partial charge is 0.389 e. The van der Waals surface area contributed by atoms with Gasteiger partial charge in [-0.15, -0.1) is 0 Å². The van der Waals surface area contributed by atoms with E-state index < -0.39 is 5.60 Å². The number of aromatic nitrogens is 2. The van der Waals surface area contributed by atoms with Crippen LogP contribution in [0.25, 0.3) is 0 Å². The zero-order chi connectivity index (χ0) is 12.3. The first-order chi connectivity index (χ1) is 8.17. The van der Waals surface area contributed by atoms with E-state index in [1.807, 2.05) is 4.68 Å². The van der Waals surface area contributed by atoms with Crippen LogP contribution in [-0.4, -0.2) is 27.0 Å². The molecule has 1 fully saturated rings. The zero-order valence-corrected chi connectivity index (χ0v) is 10.9. The Morgan fingerprint density at radius 1 is 1.47 bits per heavy atom. The van der Waals surface area contributed by atoms with Gasteiger partial charge in [-0.2, -0.15) is 5.10 Å². The van der Waals surface area contributed by atoms with Gasteiger partial charge in [-0.3, -0.25) is 4.68 Å². The molecule has 0 unspecified atom stereocenters. The second-order valence-electron chi connectivity index (χ2n) is 4.98. The number of hydrogen-bond donors (Lipinski definition) is 2. The van der Waals surface area contributed by atoms with Crippen molar-refractivity contribution in [1.29, 1.82) is 0 Å². The summed E-state index contributed by atoms with van der Waals surface area (Å²) in [6.45, 7) is 6.62. The summed E-state index contributed by atoms with van der Waals surface area (Å²) >= 11 is 0. The molecule has 1 aromatic heterocycles. The predicted octanol–water partition coefficient (Wildman–Crippen LogP) is 1.47. The predicted molar refractivity (Wildman–Crippen MR) is 67.8 cm³/mol. The van der Waals surface area contributed by atoms with Gasteiger partial charge in [0.25, 0.3) is 0 Å². The minimum absolute atomic E-state index is 0.440. The summed E-state index contributed by atoms with van der Waals surface area (Å²) in [6.07, 6.45) is 4.01. The lowest BCUT2D eigenvalue weighted by atomic mass is 9.80. The monoisotopic (exact) mass is 237 g/mol. The average molecular weight is 237 g/mol. The minimum atomic E-state index is -0.440. The molecule has 2 rings (SSSR count). The van der Waals surface area contributed by atoms with Gasteiger partial charge in [0.1, 0.15) is 0 Å². The first-order valence-corrected chi connectivity index (χ1v) is 6.65. The third-order valence-corrected chi connectivity index (χ3v) is 3.62. The maximum atomic E-state index is 9.98. The number of aryl methyl sites for hydroxylation is 2. The summed E-state index contributed by atoms with van der Waals surface area (Å²) in [5.41, 5.74) is 1.92. The third-order valence-electron chi connectivity index (χ3n) is 3.62. The Bertz CT molecular complexity index is 369. The molecule has 0 amide bonds. The van der Waals surface area contributed by atoms with Gasteiger partial charge < -0.3 is 10.4 Å². The van der Waals surface area contributed by atoms with Crippen LogP contribution in [-0.2, 0) is 19.5 Å². The van der Waals surface area contributed by atoms with Gasteiger partial charge in [0, 0.05) is 19.6 Å². The van der Waals surface area contributed by atoms with Gasteiger partial charge in [0.2, 0.25) is 0 Å². The number of hydrogen-bond acceptors (Lipinski definition) is 3. The Morgan fingerprint density at radius 2 is 2.24 bits per heavy atom. The average Bonchev–Trinajstić information content (AvgIpc) is 2.69. The molecule has 1 aliphatic carbocycles. The highest BCUT2D eigenvalue weighted by Gasteiger charge is 2.33. The van der Waals surface area contributed by atoms with Crippen molar-refractivity contribution in [3.05, 3.63) is 17.5 Å². The molecular formula is C13H23N3O. The van der Waals surface area contributed by atoms with E-state index in [0.29, 0.717) is 6.54 Å². The summed E-state index contributed by atoms with van der Waals surface area (Å²) in [4.78, 5) is 0. The van der Waals surface area contributed by atoms with E-state index in [1.54, 1.807) is 0 Å². The number of nitrogens with one attached hydrogen (secondary N) is 1. The molecular weight excluding hydrogens is 214 g/mol. The van der Waals surface area contributed by atoms with E-state index in [2.05, 4.69) is 30.3 Å². The molecule has 4 nitrogen and oxygen atoms in total. The Labute approximate surface area is 103 Å². The minimum Gasteiger partial charge on any atom is -0.389 e. The van der Waals surface area contributed by atoms with Crippen molar-refractivity contribution >= 4 is 0 Å². The van der Waals surface area contributed by atoms with E-state index in [1.165, 1.54) is 5.69 Å². The maximum absolute atomic E-state index is 9.98. The lowest BCUT2D eigenvalue weighted by Crippen LogP contribution is -2.46. The van der Waals surface area contributed by atoms with Crippen LogP contribution in [0.15, 0.2) is 6.07 Å². The fourth-order valence-corrected chi connectivity index (χ4v) is 2.29. The molecule has 1 heterocycles. The van der Waals surface area contributed by atoms with Crippen LogP contribution in [0.3, 0.4) is 0 Å². The smallest absolute Gasteiger partial charge is 0.0771 e. The Hall–Kier alpha value is -0.870. The molecule has 0 saturated heterocycles. The highest BCUT2D eigenvalue weighted by Crippen LogP contribution is 2.30. The molecule has 96 valence electrons. The van der Waals surface area contributed by atoms with E-state index in [-0.39, 0.29) is 0 Å². The van der Waals surface area contributed by atoms with Crippen molar-refractivity contribution in [2.24, 2.45) is 0 Å². The van der Waals surface area contributed by atoms with Gasteiger partial charge in [0.05, 0.1) is 17.0 Å². The molecule has 0 aromatic carbocycles. The van der Waals surface area contributed by atoms with E-state index in [0.717, 1.165) is 44.5 Å². The second kappa shape index (κ2) is 5.19. The molecule has 0 bridgehead atoms. The first kappa shape index (κ1) is 12.6. The third kappa shape index (κ3) is 2.87. The Kier molecular flexibility index (Phi) is 3.84. The van der Waals surface area contributed by atoms with Crippen LogP contribution in [0.4, 0.5) is 0 Å². The van der Waals surface area contributed by atoms with E-state index >= 15 is 0 Å². The van der Waals surface area contributed by atoms with Crippen molar-refractivity contribution < 1.29 is 5.11 Å². The van der Waals surface area contributed by atoms with Crippen LogP contribution >= 0.6 is 0 Å². The highest BCUT2D eigenvalue weighted by molar-refractivity contribution is 5.10. The van der Waals surface area contributed by atoms with E-state index in [4.69, 9.17) is 0 Å². The Morgan fingerprint density at radius 3 is 2.76 bits per heavy atom. The number of nitrogens with zero attached hydrogens (tertiary/aromatic N) is 2. The standard InChI is InChI=1S/C13H23N3O/c1-3-11-8-12(16(4-2)15-11)9-14-10-13(17)6-5-7-13/h8,14,17H,3-7,9-10H2,1-2H3. The second-order valence-corrected chi connectivity index (χ2v) is 4.98. The lowest BCUT2D eigenvalue weighted by Gasteiger charge is -2.36. The topological polar surface area (TPSA) is 50.1 Å². The van der Waals surface area contributed by atoms with Crippen LogP contribution in [0.1, 0.15) is 44.5 Å². The van der Waals surface area contributed by atoms with Gasteiger partial charge >= 0.3 is 0 Å². The molecule has 1 aromatic rings.